The van der Waals surface area contributed by atoms with Crippen molar-refractivity contribution in [3.05, 3.63) is 36.4 Å². The van der Waals surface area contributed by atoms with Gasteiger partial charge in [0.2, 0.25) is 0 Å². The number of rotatable bonds is 8. The Balaban J connectivity index is 3.11. The number of nitrogens with zero attached hydrogens (tertiary/aromatic N) is 1. The van der Waals surface area contributed by atoms with Crippen LogP contribution in [0.5, 0.6) is 0 Å². The summed E-state index contributed by atoms with van der Waals surface area (Å²) in [5, 5.41) is 3.20. The van der Waals surface area contributed by atoms with E-state index in [-0.39, 0.29) is 0 Å². The smallest absolute Gasteiger partial charge is 0.0704 e. The molecule has 0 aliphatic carbocycles. The van der Waals surface area contributed by atoms with Gasteiger partial charge in [0.1, 0.15) is 0 Å². The predicted molar refractivity (Wildman–Crippen MR) is 90.9 cm³/mol. The van der Waals surface area contributed by atoms with Gasteiger partial charge in [0.25, 0.3) is 0 Å². The molecule has 2 heteroatoms. The Morgan fingerprint density at radius 3 is 2.60 bits per heavy atom. The topological polar surface area (TPSA) is 24.4 Å². The zero-order chi connectivity index (χ0) is 15.0. The van der Waals surface area contributed by atoms with Gasteiger partial charge in [0.05, 0.1) is 5.69 Å². The summed E-state index contributed by atoms with van der Waals surface area (Å²) in [6.45, 7) is 11.7. The predicted octanol–water partition coefficient (Wildman–Crippen LogP) is 4.84. The van der Waals surface area contributed by atoms with Crippen molar-refractivity contribution in [2.75, 3.05) is 13.6 Å². The largest absolute Gasteiger partial charge is 0.315 e. The Morgan fingerprint density at radius 2 is 2.00 bits per heavy atom. The molecule has 0 spiro atoms. The first kappa shape index (κ1) is 16.6. The third-order valence-corrected chi connectivity index (χ3v) is 3.66. The summed E-state index contributed by atoms with van der Waals surface area (Å²) in [4.78, 5) is 4.87. The fraction of sp³-hybridized carbons (Fsp3) is 0.500. The van der Waals surface area contributed by atoms with E-state index in [1.54, 1.807) is 0 Å². The van der Waals surface area contributed by atoms with Gasteiger partial charge in [-0.15, -0.1) is 0 Å². The maximum absolute atomic E-state index is 4.87. The minimum Gasteiger partial charge on any atom is -0.315 e. The lowest BCUT2D eigenvalue weighted by Gasteiger charge is -2.15. The molecular weight excluding hydrogens is 244 g/mol. The van der Waals surface area contributed by atoms with Gasteiger partial charge < -0.3 is 5.32 Å². The van der Waals surface area contributed by atoms with Crippen LogP contribution in [0, 0.1) is 5.92 Å². The van der Waals surface area contributed by atoms with Crippen LogP contribution in [0.4, 0.5) is 5.69 Å². The monoisotopic (exact) mass is 272 g/mol. The molecule has 1 atom stereocenters. The first-order valence-corrected chi connectivity index (χ1v) is 7.63. The normalized spacial score (nSPS) is 13.3. The molecule has 1 aromatic rings. The summed E-state index contributed by atoms with van der Waals surface area (Å²) in [7, 11) is 1.97. The Labute approximate surface area is 124 Å². The van der Waals surface area contributed by atoms with Gasteiger partial charge in [-0.05, 0) is 37.4 Å². The molecule has 0 amide bonds. The number of hydrogen-bond donors (Lipinski definition) is 1. The maximum Gasteiger partial charge on any atom is 0.0704 e. The molecular formula is C18H28N2. The van der Waals surface area contributed by atoms with E-state index in [0.29, 0.717) is 5.92 Å². The first-order chi connectivity index (χ1) is 9.63. The Bertz CT molecular complexity index is 452. The van der Waals surface area contributed by atoms with Crippen LogP contribution in [0.15, 0.2) is 35.8 Å². The SMILES string of the molecule is C=C(c1ccccc1N=C(CCC)CNC)C(C)CC. The van der Waals surface area contributed by atoms with Gasteiger partial charge in [-0.1, -0.05) is 52.0 Å². The molecule has 0 aliphatic rings. The average molecular weight is 272 g/mol. The zero-order valence-electron chi connectivity index (χ0n) is 13.4. The Morgan fingerprint density at radius 1 is 1.30 bits per heavy atom. The molecule has 0 fully saturated rings. The van der Waals surface area contributed by atoms with Crippen molar-refractivity contribution < 1.29 is 0 Å². The van der Waals surface area contributed by atoms with Crippen LogP contribution in [-0.4, -0.2) is 19.3 Å². The average Bonchev–Trinajstić information content (AvgIpc) is 2.47. The Hall–Kier alpha value is -1.41. The summed E-state index contributed by atoms with van der Waals surface area (Å²) < 4.78 is 0. The lowest BCUT2D eigenvalue weighted by atomic mass is 9.92. The van der Waals surface area contributed by atoms with Gasteiger partial charge in [-0.2, -0.15) is 0 Å². The summed E-state index contributed by atoms with van der Waals surface area (Å²) in [5.74, 6) is 0.491. The fourth-order valence-corrected chi connectivity index (χ4v) is 2.20. The molecule has 110 valence electrons. The standard InChI is InChI=1S/C18H28N2/c1-6-10-16(13-19-5)20-18-12-9-8-11-17(18)15(4)14(3)7-2/h8-9,11-12,14,19H,4,6-7,10,13H2,1-3,5H3. The number of hydrogen-bond acceptors (Lipinski definition) is 2. The second kappa shape index (κ2) is 8.70. The van der Waals surface area contributed by atoms with Crippen molar-refractivity contribution in [2.45, 2.75) is 40.0 Å². The Kier molecular flexibility index (Phi) is 7.24. The van der Waals surface area contributed by atoms with Gasteiger partial charge in [0.15, 0.2) is 0 Å². The molecule has 1 aromatic carbocycles. The third kappa shape index (κ3) is 4.61. The van der Waals surface area contributed by atoms with Crippen LogP contribution in [0.2, 0.25) is 0 Å². The number of para-hydroxylation sites is 1. The summed E-state index contributed by atoms with van der Waals surface area (Å²) in [6.07, 6.45) is 3.26. The number of benzene rings is 1. The van der Waals surface area contributed by atoms with E-state index in [1.807, 2.05) is 7.05 Å². The van der Waals surface area contributed by atoms with Crippen molar-refractivity contribution in [1.82, 2.24) is 5.32 Å². The number of allylic oxidation sites excluding steroid dienone is 1. The van der Waals surface area contributed by atoms with E-state index in [9.17, 15) is 0 Å². The molecule has 20 heavy (non-hydrogen) atoms. The van der Waals surface area contributed by atoms with E-state index in [1.165, 1.54) is 16.8 Å². The van der Waals surface area contributed by atoms with Crippen molar-refractivity contribution in [1.29, 1.82) is 0 Å². The van der Waals surface area contributed by atoms with E-state index < -0.39 is 0 Å². The van der Waals surface area contributed by atoms with Crippen LogP contribution < -0.4 is 5.32 Å². The van der Waals surface area contributed by atoms with Crippen LogP contribution in [0.1, 0.15) is 45.6 Å². The number of aliphatic imine (C=N–C) groups is 1. The highest BCUT2D eigenvalue weighted by Crippen LogP contribution is 2.31. The van der Waals surface area contributed by atoms with Crippen molar-refractivity contribution in [3.8, 4) is 0 Å². The molecule has 1 N–H and O–H groups in total. The first-order valence-electron chi connectivity index (χ1n) is 7.63. The molecule has 1 rings (SSSR count). The summed E-state index contributed by atoms with van der Waals surface area (Å²) in [6, 6.07) is 8.35. The van der Waals surface area contributed by atoms with Crippen molar-refractivity contribution >= 4 is 17.0 Å². The zero-order valence-corrected chi connectivity index (χ0v) is 13.4. The molecule has 0 heterocycles. The van der Waals surface area contributed by atoms with E-state index in [4.69, 9.17) is 4.99 Å². The van der Waals surface area contributed by atoms with Crippen LogP contribution in [0.3, 0.4) is 0 Å². The molecule has 0 bridgehead atoms. The van der Waals surface area contributed by atoms with Crippen LogP contribution in [0.25, 0.3) is 5.57 Å². The lowest BCUT2D eigenvalue weighted by molar-refractivity contribution is 0.719. The van der Waals surface area contributed by atoms with Gasteiger partial charge in [-0.25, -0.2) is 0 Å². The number of nitrogens with one attached hydrogen (secondary N) is 1. The lowest BCUT2D eigenvalue weighted by Crippen LogP contribution is -2.18. The second-order valence-corrected chi connectivity index (χ2v) is 5.31. The van der Waals surface area contributed by atoms with E-state index in [2.05, 4.69) is 56.9 Å². The molecule has 2 nitrogen and oxygen atoms in total. The van der Waals surface area contributed by atoms with Crippen LogP contribution >= 0.6 is 0 Å². The highest BCUT2D eigenvalue weighted by atomic mass is 14.9. The molecule has 0 saturated carbocycles. The molecule has 0 saturated heterocycles. The second-order valence-electron chi connectivity index (χ2n) is 5.31. The molecule has 0 radical (unpaired) electrons. The minimum atomic E-state index is 0.491. The van der Waals surface area contributed by atoms with E-state index >= 15 is 0 Å². The quantitative estimate of drug-likeness (QED) is 0.673. The molecule has 0 aliphatic heterocycles. The molecule has 0 aromatic heterocycles. The highest BCUT2D eigenvalue weighted by molar-refractivity contribution is 5.90. The van der Waals surface area contributed by atoms with Crippen LogP contribution in [-0.2, 0) is 0 Å². The minimum absolute atomic E-state index is 0.491. The third-order valence-electron chi connectivity index (χ3n) is 3.66. The van der Waals surface area contributed by atoms with Crippen molar-refractivity contribution in [3.63, 3.8) is 0 Å². The van der Waals surface area contributed by atoms with Crippen molar-refractivity contribution in [2.24, 2.45) is 10.9 Å². The molecule has 1 unspecified atom stereocenters. The van der Waals surface area contributed by atoms with Gasteiger partial charge in [0, 0.05) is 17.8 Å². The fourth-order valence-electron chi connectivity index (χ4n) is 2.20. The summed E-state index contributed by atoms with van der Waals surface area (Å²) >= 11 is 0. The highest BCUT2D eigenvalue weighted by Gasteiger charge is 2.11. The van der Waals surface area contributed by atoms with E-state index in [0.717, 1.165) is 31.5 Å². The maximum atomic E-state index is 4.87. The summed E-state index contributed by atoms with van der Waals surface area (Å²) in [5.41, 5.74) is 4.63. The van der Waals surface area contributed by atoms with Gasteiger partial charge in [-0.3, -0.25) is 4.99 Å². The van der Waals surface area contributed by atoms with Gasteiger partial charge >= 0.3 is 0 Å².